The summed E-state index contributed by atoms with van der Waals surface area (Å²) in [5.74, 6) is -0.637. The highest BCUT2D eigenvalue weighted by atomic mass is 16.5. The predicted octanol–water partition coefficient (Wildman–Crippen LogP) is 1.67. The van der Waals surface area contributed by atoms with Gasteiger partial charge in [-0.2, -0.15) is 0 Å². The first-order valence-corrected chi connectivity index (χ1v) is 9.16. The number of ether oxygens (including phenoxy) is 2. The van der Waals surface area contributed by atoms with Crippen LogP contribution in [0.2, 0.25) is 0 Å². The predicted molar refractivity (Wildman–Crippen MR) is 105 cm³/mol. The highest BCUT2D eigenvalue weighted by Gasteiger charge is 2.13. The van der Waals surface area contributed by atoms with Crippen LogP contribution in [0.1, 0.15) is 20.8 Å². The number of hydrogen-bond donors (Lipinski definition) is 2. The lowest BCUT2D eigenvalue weighted by atomic mass is 10.1. The number of methoxy groups -OCH3 is 1. The van der Waals surface area contributed by atoms with Crippen molar-refractivity contribution in [2.24, 2.45) is 0 Å². The summed E-state index contributed by atoms with van der Waals surface area (Å²) in [5.41, 5.74) is 2.05. The minimum atomic E-state index is -0.424. The Hall–Kier alpha value is -2.97. The number of pyridine rings is 1. The Morgan fingerprint density at radius 2 is 1.96 bits per heavy atom. The molecule has 2 N–H and O–H groups in total. The lowest BCUT2D eigenvalue weighted by Gasteiger charge is -2.26. The lowest BCUT2D eigenvalue weighted by molar-refractivity contribution is 0.0383. The number of nitrogens with one attached hydrogen (secondary N) is 2. The summed E-state index contributed by atoms with van der Waals surface area (Å²) in [6.45, 7) is 4.61. The summed E-state index contributed by atoms with van der Waals surface area (Å²) in [6.07, 6.45) is 1.56. The van der Waals surface area contributed by atoms with Crippen molar-refractivity contribution in [2.45, 2.75) is 0 Å². The largest absolute Gasteiger partial charge is 0.465 e. The van der Waals surface area contributed by atoms with Crippen molar-refractivity contribution in [1.82, 2.24) is 15.2 Å². The molecule has 1 saturated heterocycles. The van der Waals surface area contributed by atoms with E-state index >= 15 is 0 Å². The molecule has 1 fully saturated rings. The molecule has 1 aromatic heterocycles. The van der Waals surface area contributed by atoms with E-state index in [4.69, 9.17) is 9.47 Å². The van der Waals surface area contributed by atoms with E-state index in [0.717, 1.165) is 32.8 Å². The zero-order valence-electron chi connectivity index (χ0n) is 15.8. The summed E-state index contributed by atoms with van der Waals surface area (Å²) in [6, 6.07) is 10.4. The number of para-hydroxylation sites is 1. The topological polar surface area (TPSA) is 92.8 Å². The first-order valence-electron chi connectivity index (χ1n) is 9.16. The number of benzene rings is 1. The van der Waals surface area contributed by atoms with E-state index in [0.29, 0.717) is 29.2 Å². The van der Waals surface area contributed by atoms with E-state index in [-0.39, 0.29) is 5.91 Å². The Morgan fingerprint density at radius 1 is 1.18 bits per heavy atom. The fraction of sp³-hybridized carbons (Fsp3) is 0.350. The number of aromatic nitrogens is 1. The summed E-state index contributed by atoms with van der Waals surface area (Å²) in [4.78, 5) is 30.5. The zero-order valence-corrected chi connectivity index (χ0v) is 15.8. The van der Waals surface area contributed by atoms with Gasteiger partial charge in [0.05, 0.1) is 43.5 Å². The molecular formula is C20H24N4O4. The molecule has 0 unspecified atom stereocenters. The molecule has 0 radical (unpaired) electrons. The van der Waals surface area contributed by atoms with Crippen LogP contribution in [-0.2, 0) is 9.47 Å². The molecule has 0 aliphatic carbocycles. The van der Waals surface area contributed by atoms with Gasteiger partial charge in [0, 0.05) is 26.2 Å². The van der Waals surface area contributed by atoms with Crippen LogP contribution in [0.4, 0.5) is 11.4 Å². The van der Waals surface area contributed by atoms with Crippen LogP contribution in [0.3, 0.4) is 0 Å². The van der Waals surface area contributed by atoms with Gasteiger partial charge in [-0.3, -0.25) is 9.69 Å². The molecule has 1 aromatic carbocycles. The van der Waals surface area contributed by atoms with Gasteiger partial charge in [0.15, 0.2) is 0 Å². The zero-order chi connectivity index (χ0) is 19.8. The fourth-order valence-corrected chi connectivity index (χ4v) is 2.88. The van der Waals surface area contributed by atoms with E-state index in [1.165, 1.54) is 7.11 Å². The second kappa shape index (κ2) is 9.82. The molecular weight excluding hydrogens is 360 g/mol. The van der Waals surface area contributed by atoms with Crippen LogP contribution < -0.4 is 10.6 Å². The molecule has 0 bridgehead atoms. The first kappa shape index (κ1) is 19.8. The summed E-state index contributed by atoms with van der Waals surface area (Å²) in [7, 11) is 1.34. The minimum absolute atomic E-state index is 0.213. The number of carbonyl (C=O) groups excluding carboxylic acids is 2. The highest BCUT2D eigenvalue weighted by molar-refractivity contribution is 5.96. The van der Waals surface area contributed by atoms with Crippen LogP contribution in [0, 0.1) is 0 Å². The fourth-order valence-electron chi connectivity index (χ4n) is 2.88. The van der Waals surface area contributed by atoms with E-state index in [1.54, 1.807) is 36.5 Å². The Morgan fingerprint density at radius 3 is 2.68 bits per heavy atom. The van der Waals surface area contributed by atoms with E-state index in [2.05, 4.69) is 20.5 Å². The number of anilines is 2. The van der Waals surface area contributed by atoms with Crippen molar-refractivity contribution >= 4 is 23.3 Å². The smallest absolute Gasteiger partial charge is 0.339 e. The third-order valence-corrected chi connectivity index (χ3v) is 4.42. The average Bonchev–Trinajstić information content (AvgIpc) is 2.75. The van der Waals surface area contributed by atoms with Crippen LogP contribution >= 0.6 is 0 Å². The van der Waals surface area contributed by atoms with Crippen LogP contribution in [0.25, 0.3) is 0 Å². The average molecular weight is 384 g/mol. The third-order valence-electron chi connectivity index (χ3n) is 4.42. The summed E-state index contributed by atoms with van der Waals surface area (Å²) >= 11 is 0. The number of rotatable bonds is 7. The van der Waals surface area contributed by atoms with Crippen molar-refractivity contribution in [3.63, 3.8) is 0 Å². The van der Waals surface area contributed by atoms with Gasteiger partial charge in [0.25, 0.3) is 5.91 Å². The molecule has 0 spiro atoms. The number of hydrogen-bond acceptors (Lipinski definition) is 7. The van der Waals surface area contributed by atoms with E-state index in [9.17, 15) is 9.59 Å². The number of morpholine rings is 1. The summed E-state index contributed by atoms with van der Waals surface area (Å²) in [5, 5.41) is 6.01. The molecule has 28 heavy (non-hydrogen) atoms. The second-order valence-electron chi connectivity index (χ2n) is 6.30. The van der Waals surface area contributed by atoms with Crippen LogP contribution in [0.5, 0.6) is 0 Å². The minimum Gasteiger partial charge on any atom is -0.465 e. The van der Waals surface area contributed by atoms with Crippen molar-refractivity contribution < 1.29 is 19.1 Å². The third kappa shape index (κ3) is 5.28. The van der Waals surface area contributed by atoms with Gasteiger partial charge in [-0.25, -0.2) is 9.78 Å². The van der Waals surface area contributed by atoms with Gasteiger partial charge in [0.1, 0.15) is 5.69 Å². The molecule has 1 aliphatic heterocycles. The maximum absolute atomic E-state index is 12.2. The standard InChI is InChI=1S/C20H24N4O4/c1-27-20(26)16-4-2-3-5-17(16)23-15-6-7-18(22-14-15)19(25)21-8-9-24-10-12-28-13-11-24/h2-7,14,23H,8-13H2,1H3,(H,21,25). The normalized spacial score (nSPS) is 14.3. The van der Waals surface area contributed by atoms with Gasteiger partial charge >= 0.3 is 5.97 Å². The molecule has 1 aliphatic rings. The molecule has 3 rings (SSSR count). The van der Waals surface area contributed by atoms with Gasteiger partial charge < -0.3 is 20.1 Å². The molecule has 2 heterocycles. The van der Waals surface area contributed by atoms with E-state index < -0.39 is 5.97 Å². The highest BCUT2D eigenvalue weighted by Crippen LogP contribution is 2.21. The van der Waals surface area contributed by atoms with Gasteiger partial charge in [0.2, 0.25) is 0 Å². The van der Waals surface area contributed by atoms with Crippen molar-refractivity contribution in [1.29, 1.82) is 0 Å². The van der Waals surface area contributed by atoms with Crippen LogP contribution in [0.15, 0.2) is 42.6 Å². The maximum atomic E-state index is 12.2. The number of amides is 1. The summed E-state index contributed by atoms with van der Waals surface area (Å²) < 4.78 is 10.1. The lowest BCUT2D eigenvalue weighted by Crippen LogP contribution is -2.41. The maximum Gasteiger partial charge on any atom is 0.339 e. The Bertz CT molecular complexity index is 804. The van der Waals surface area contributed by atoms with Crippen molar-refractivity contribution in [2.75, 3.05) is 51.8 Å². The Kier molecular flexibility index (Phi) is 6.94. The molecule has 148 valence electrons. The number of carbonyl (C=O) groups is 2. The number of esters is 1. The second-order valence-corrected chi connectivity index (χ2v) is 6.30. The Labute approximate surface area is 163 Å². The SMILES string of the molecule is COC(=O)c1ccccc1Nc1ccc(C(=O)NCCN2CCOCC2)nc1. The quantitative estimate of drug-likeness (QED) is 0.702. The van der Waals surface area contributed by atoms with Crippen LogP contribution in [-0.4, -0.2) is 68.3 Å². The molecule has 0 atom stereocenters. The molecule has 2 aromatic rings. The first-order chi connectivity index (χ1) is 13.7. The Balaban J connectivity index is 1.54. The van der Waals surface area contributed by atoms with Gasteiger partial charge in [-0.15, -0.1) is 0 Å². The number of nitrogens with zero attached hydrogens (tertiary/aromatic N) is 2. The van der Waals surface area contributed by atoms with Crippen molar-refractivity contribution in [3.8, 4) is 0 Å². The monoisotopic (exact) mass is 384 g/mol. The molecule has 0 saturated carbocycles. The molecule has 8 nitrogen and oxygen atoms in total. The van der Waals surface area contributed by atoms with Crippen molar-refractivity contribution in [3.05, 3.63) is 53.9 Å². The molecule has 8 heteroatoms. The van der Waals surface area contributed by atoms with E-state index in [1.807, 2.05) is 6.07 Å². The van der Waals surface area contributed by atoms with Gasteiger partial charge in [-0.05, 0) is 24.3 Å². The molecule has 1 amide bonds. The van der Waals surface area contributed by atoms with Gasteiger partial charge in [-0.1, -0.05) is 12.1 Å².